The highest BCUT2D eigenvalue weighted by molar-refractivity contribution is 5.94. The predicted molar refractivity (Wildman–Crippen MR) is 119 cm³/mol. The molecule has 1 atom stereocenters. The third-order valence-electron chi connectivity index (χ3n) is 4.20. The molecule has 6 heteroatoms. The fourth-order valence-corrected chi connectivity index (χ4v) is 2.74. The first kappa shape index (κ1) is 21.7. The Balaban J connectivity index is 1.55. The summed E-state index contributed by atoms with van der Waals surface area (Å²) in [5, 5.41) is 11.7. The summed E-state index contributed by atoms with van der Waals surface area (Å²) in [5.41, 5.74) is 1.22. The number of nitrogens with one attached hydrogen (secondary N) is 1. The summed E-state index contributed by atoms with van der Waals surface area (Å²) in [4.78, 5) is 12.5. The van der Waals surface area contributed by atoms with E-state index in [1.807, 2.05) is 26.0 Å². The van der Waals surface area contributed by atoms with Gasteiger partial charge >= 0.3 is 0 Å². The summed E-state index contributed by atoms with van der Waals surface area (Å²) < 4.78 is 17.1. The molecule has 0 radical (unpaired) electrons. The molecule has 0 saturated heterocycles. The fourth-order valence-electron chi connectivity index (χ4n) is 2.74. The lowest BCUT2D eigenvalue weighted by Crippen LogP contribution is -2.30. The summed E-state index contributed by atoms with van der Waals surface area (Å²) in [6, 6.07) is 23.1. The molecule has 3 aromatic rings. The highest BCUT2D eigenvalue weighted by atomic mass is 16.5. The number of nitrogens with zero attached hydrogens (tertiary/aromatic N) is 1. The first-order valence-corrected chi connectivity index (χ1v) is 9.95. The minimum absolute atomic E-state index is 0.0528. The molecule has 1 N–H and O–H groups in total. The molecule has 0 aromatic heterocycles. The van der Waals surface area contributed by atoms with Crippen molar-refractivity contribution in [2.24, 2.45) is 0 Å². The van der Waals surface area contributed by atoms with E-state index in [0.29, 0.717) is 34.2 Å². The Morgan fingerprint density at radius 3 is 2.06 bits per heavy atom. The minimum Gasteiger partial charge on any atom is -0.491 e. The molecular formula is C25H24N2O4. The Kier molecular flexibility index (Phi) is 7.13. The van der Waals surface area contributed by atoms with Gasteiger partial charge in [-0.1, -0.05) is 6.07 Å². The van der Waals surface area contributed by atoms with E-state index in [9.17, 15) is 4.79 Å². The van der Waals surface area contributed by atoms with Gasteiger partial charge in [-0.25, -0.2) is 0 Å². The van der Waals surface area contributed by atoms with Crippen LogP contribution in [0.3, 0.4) is 0 Å². The van der Waals surface area contributed by atoms with Gasteiger partial charge in [0.15, 0.2) is 6.10 Å². The van der Waals surface area contributed by atoms with Gasteiger partial charge < -0.3 is 19.5 Å². The lowest BCUT2D eigenvalue weighted by Gasteiger charge is -2.16. The number of nitriles is 1. The normalized spacial score (nSPS) is 11.3. The van der Waals surface area contributed by atoms with Crippen molar-refractivity contribution in [2.45, 2.75) is 33.0 Å². The van der Waals surface area contributed by atoms with E-state index < -0.39 is 6.10 Å². The molecule has 0 saturated carbocycles. The van der Waals surface area contributed by atoms with Crippen LogP contribution in [0.25, 0.3) is 0 Å². The van der Waals surface area contributed by atoms with E-state index in [1.54, 1.807) is 67.6 Å². The largest absolute Gasteiger partial charge is 0.491 e. The molecule has 6 nitrogen and oxygen atoms in total. The Morgan fingerprint density at radius 1 is 0.839 bits per heavy atom. The van der Waals surface area contributed by atoms with Crippen molar-refractivity contribution in [2.75, 3.05) is 5.32 Å². The number of amides is 1. The summed E-state index contributed by atoms with van der Waals surface area (Å²) >= 11 is 0. The zero-order chi connectivity index (χ0) is 22.2. The van der Waals surface area contributed by atoms with Crippen molar-refractivity contribution in [1.82, 2.24) is 0 Å². The molecule has 0 aliphatic rings. The molecule has 3 aromatic carbocycles. The Hall–Kier alpha value is -3.98. The highest BCUT2D eigenvalue weighted by Gasteiger charge is 2.15. The van der Waals surface area contributed by atoms with Gasteiger partial charge in [-0.15, -0.1) is 0 Å². The van der Waals surface area contributed by atoms with Crippen LogP contribution in [0, 0.1) is 11.3 Å². The molecule has 31 heavy (non-hydrogen) atoms. The summed E-state index contributed by atoms with van der Waals surface area (Å²) in [5.74, 6) is 2.23. The standard InChI is InChI=1S/C25H24N2O4/c1-17(2)29-24-6-4-5-20(15-24)27-25(28)18(3)30-21-11-13-23(14-12-21)31-22-9-7-19(16-26)8-10-22/h4-15,17-18H,1-3H3,(H,27,28). The fraction of sp³-hybridized carbons (Fsp3) is 0.200. The third kappa shape index (κ3) is 6.51. The van der Waals surface area contributed by atoms with Gasteiger partial charge in [0.25, 0.3) is 5.91 Å². The molecule has 1 amide bonds. The monoisotopic (exact) mass is 416 g/mol. The highest BCUT2D eigenvalue weighted by Crippen LogP contribution is 2.25. The molecule has 0 aliphatic heterocycles. The van der Waals surface area contributed by atoms with Crippen LogP contribution >= 0.6 is 0 Å². The van der Waals surface area contributed by atoms with Crippen molar-refractivity contribution in [3.8, 4) is 29.1 Å². The van der Waals surface area contributed by atoms with E-state index in [-0.39, 0.29) is 12.0 Å². The van der Waals surface area contributed by atoms with Crippen molar-refractivity contribution in [1.29, 1.82) is 5.26 Å². The van der Waals surface area contributed by atoms with E-state index in [2.05, 4.69) is 11.4 Å². The number of ether oxygens (including phenoxy) is 3. The van der Waals surface area contributed by atoms with Crippen LogP contribution in [0.15, 0.2) is 72.8 Å². The van der Waals surface area contributed by atoms with Crippen LogP contribution in [0.4, 0.5) is 5.69 Å². The van der Waals surface area contributed by atoms with Gasteiger partial charge in [-0.05, 0) is 81.4 Å². The summed E-state index contributed by atoms with van der Waals surface area (Å²) in [6.45, 7) is 5.58. The van der Waals surface area contributed by atoms with Gasteiger partial charge in [0.2, 0.25) is 0 Å². The second kappa shape index (κ2) is 10.2. The number of rotatable bonds is 8. The van der Waals surface area contributed by atoms with Gasteiger partial charge in [-0.3, -0.25) is 4.79 Å². The van der Waals surface area contributed by atoms with Gasteiger partial charge in [0.05, 0.1) is 17.7 Å². The second-order valence-corrected chi connectivity index (χ2v) is 7.15. The first-order valence-electron chi connectivity index (χ1n) is 9.95. The maximum absolute atomic E-state index is 12.5. The van der Waals surface area contributed by atoms with Crippen molar-refractivity contribution >= 4 is 11.6 Å². The van der Waals surface area contributed by atoms with Crippen LogP contribution < -0.4 is 19.5 Å². The molecule has 158 valence electrons. The Labute approximate surface area is 182 Å². The number of anilines is 1. The number of hydrogen-bond acceptors (Lipinski definition) is 5. The lowest BCUT2D eigenvalue weighted by molar-refractivity contribution is -0.122. The lowest BCUT2D eigenvalue weighted by atomic mass is 10.2. The van der Waals surface area contributed by atoms with E-state index in [0.717, 1.165) is 0 Å². The molecule has 1 unspecified atom stereocenters. The number of carbonyl (C=O) groups is 1. The predicted octanol–water partition coefficient (Wildman–Crippen LogP) is 5.54. The molecule has 0 fully saturated rings. The third-order valence-corrected chi connectivity index (χ3v) is 4.20. The van der Waals surface area contributed by atoms with Gasteiger partial charge in [0, 0.05) is 11.8 Å². The van der Waals surface area contributed by atoms with E-state index in [4.69, 9.17) is 19.5 Å². The van der Waals surface area contributed by atoms with Gasteiger partial charge in [-0.2, -0.15) is 5.26 Å². The van der Waals surface area contributed by atoms with Crippen molar-refractivity contribution in [3.05, 3.63) is 78.4 Å². The van der Waals surface area contributed by atoms with Crippen molar-refractivity contribution in [3.63, 3.8) is 0 Å². The average molecular weight is 416 g/mol. The maximum atomic E-state index is 12.5. The molecule has 0 heterocycles. The number of hydrogen-bond donors (Lipinski definition) is 1. The van der Waals surface area contributed by atoms with Crippen LogP contribution in [0.1, 0.15) is 26.3 Å². The second-order valence-electron chi connectivity index (χ2n) is 7.15. The Bertz CT molecular complexity index is 1050. The van der Waals surface area contributed by atoms with Crippen LogP contribution in [-0.2, 0) is 4.79 Å². The smallest absolute Gasteiger partial charge is 0.265 e. The maximum Gasteiger partial charge on any atom is 0.265 e. The molecular weight excluding hydrogens is 392 g/mol. The minimum atomic E-state index is -0.694. The zero-order valence-corrected chi connectivity index (χ0v) is 17.7. The Morgan fingerprint density at radius 2 is 1.45 bits per heavy atom. The van der Waals surface area contributed by atoms with Crippen LogP contribution in [-0.4, -0.2) is 18.1 Å². The van der Waals surface area contributed by atoms with E-state index >= 15 is 0 Å². The number of carbonyl (C=O) groups excluding carboxylic acids is 1. The zero-order valence-electron chi connectivity index (χ0n) is 17.7. The van der Waals surface area contributed by atoms with Crippen molar-refractivity contribution < 1.29 is 19.0 Å². The summed E-state index contributed by atoms with van der Waals surface area (Å²) in [6.07, 6.45) is -0.642. The van der Waals surface area contributed by atoms with E-state index in [1.165, 1.54) is 0 Å². The first-order chi connectivity index (χ1) is 14.9. The average Bonchev–Trinajstić information content (AvgIpc) is 2.75. The number of benzene rings is 3. The molecule has 0 aliphatic carbocycles. The van der Waals surface area contributed by atoms with Crippen LogP contribution in [0.2, 0.25) is 0 Å². The van der Waals surface area contributed by atoms with Gasteiger partial charge in [0.1, 0.15) is 23.0 Å². The topological polar surface area (TPSA) is 80.6 Å². The summed E-state index contributed by atoms with van der Waals surface area (Å²) in [7, 11) is 0. The molecule has 0 spiro atoms. The quantitative estimate of drug-likeness (QED) is 0.521. The molecule has 0 bridgehead atoms. The molecule has 3 rings (SSSR count). The SMILES string of the molecule is CC(C)Oc1cccc(NC(=O)C(C)Oc2ccc(Oc3ccc(C#N)cc3)cc2)c1. The van der Waals surface area contributed by atoms with Crippen LogP contribution in [0.5, 0.6) is 23.0 Å².